The largest absolute Gasteiger partial charge is 0.424 e. The van der Waals surface area contributed by atoms with Crippen molar-refractivity contribution in [2.75, 3.05) is 24.6 Å². The molecule has 0 aliphatic heterocycles. The van der Waals surface area contributed by atoms with Crippen LogP contribution < -0.4 is 15.4 Å². The van der Waals surface area contributed by atoms with Gasteiger partial charge in [0.1, 0.15) is 23.4 Å². The van der Waals surface area contributed by atoms with Crippen LogP contribution in [0.4, 0.5) is 5.69 Å². The van der Waals surface area contributed by atoms with E-state index in [-0.39, 0.29) is 24.0 Å². The highest BCUT2D eigenvalue weighted by Gasteiger charge is 2.23. The molecule has 0 spiro atoms. The van der Waals surface area contributed by atoms with E-state index >= 15 is 0 Å². The Kier molecular flexibility index (Phi) is 7.92. The molecule has 2 N–H and O–H groups in total. The molecule has 0 aliphatic carbocycles. The summed E-state index contributed by atoms with van der Waals surface area (Å²) >= 11 is 0. The van der Waals surface area contributed by atoms with Gasteiger partial charge in [0, 0.05) is 12.7 Å². The minimum atomic E-state index is -3.18. The maximum Gasteiger partial charge on any atom is 0.378 e. The van der Waals surface area contributed by atoms with Gasteiger partial charge >= 0.3 is 7.60 Å². The quantitative estimate of drug-likeness (QED) is 0.329. The molecule has 3 rings (SSSR count). The second-order valence-corrected chi connectivity index (χ2v) is 9.11. The third kappa shape index (κ3) is 5.90. The SMILES string of the molecule is CCOP(=O)(CC)Oc1ccc(C(C=O)CNc2cnc(-c3ccccn3)[nH]c2=O)cc1. The monoisotopic (exact) mass is 456 g/mol. The van der Waals surface area contributed by atoms with Crippen LogP contribution in [0.3, 0.4) is 0 Å². The van der Waals surface area contributed by atoms with Crippen molar-refractivity contribution in [1.29, 1.82) is 0 Å². The van der Waals surface area contributed by atoms with Gasteiger partial charge in [-0.25, -0.2) is 9.55 Å². The van der Waals surface area contributed by atoms with E-state index in [9.17, 15) is 14.2 Å². The zero-order chi connectivity index (χ0) is 23.0. The summed E-state index contributed by atoms with van der Waals surface area (Å²) in [4.78, 5) is 35.1. The zero-order valence-corrected chi connectivity index (χ0v) is 18.7. The first-order valence-electron chi connectivity index (χ1n) is 10.2. The number of benzene rings is 1. The van der Waals surface area contributed by atoms with E-state index in [4.69, 9.17) is 9.05 Å². The number of rotatable bonds is 11. The van der Waals surface area contributed by atoms with Crippen LogP contribution in [-0.4, -0.2) is 40.6 Å². The molecular weight excluding hydrogens is 431 g/mol. The summed E-state index contributed by atoms with van der Waals surface area (Å²) in [5, 5.41) is 2.97. The lowest BCUT2D eigenvalue weighted by Gasteiger charge is -2.18. The number of carbonyl (C=O) groups excluding carboxylic acids is 1. The lowest BCUT2D eigenvalue weighted by molar-refractivity contribution is -0.108. The maximum atomic E-state index is 12.5. The number of aldehydes is 1. The molecule has 0 saturated heterocycles. The van der Waals surface area contributed by atoms with Gasteiger partial charge in [-0.1, -0.05) is 25.1 Å². The van der Waals surface area contributed by atoms with Gasteiger partial charge in [-0.05, 0) is 36.8 Å². The smallest absolute Gasteiger partial charge is 0.378 e. The van der Waals surface area contributed by atoms with Crippen LogP contribution in [-0.2, 0) is 13.9 Å². The van der Waals surface area contributed by atoms with E-state index in [0.717, 1.165) is 11.8 Å². The van der Waals surface area contributed by atoms with Crippen molar-refractivity contribution in [2.45, 2.75) is 19.8 Å². The molecule has 2 unspecified atom stereocenters. The van der Waals surface area contributed by atoms with Crippen LogP contribution in [0.25, 0.3) is 11.5 Å². The van der Waals surface area contributed by atoms with Crippen molar-refractivity contribution in [1.82, 2.24) is 15.0 Å². The number of hydrogen-bond acceptors (Lipinski definition) is 8. The highest BCUT2D eigenvalue weighted by atomic mass is 31.2. The standard InChI is InChI=1S/C22H25N4O5P/c1-3-30-32(29,4-2)31-18-10-8-16(9-11-18)17(15-27)13-24-20-14-25-21(26-22(20)28)19-7-5-6-12-23-19/h5-12,14-15,17,24H,3-4,13H2,1-2H3,(H,25,26,28). The summed E-state index contributed by atoms with van der Waals surface area (Å²) in [7, 11) is -3.18. The van der Waals surface area contributed by atoms with Crippen molar-refractivity contribution < 1.29 is 18.4 Å². The zero-order valence-electron chi connectivity index (χ0n) is 17.9. The molecule has 0 fully saturated rings. The summed E-state index contributed by atoms with van der Waals surface area (Å²) in [6, 6.07) is 12.0. The normalized spacial score (nSPS) is 13.7. The Morgan fingerprint density at radius 1 is 1.16 bits per heavy atom. The summed E-state index contributed by atoms with van der Waals surface area (Å²) in [6.45, 7) is 3.98. The van der Waals surface area contributed by atoms with Gasteiger partial charge in [0.25, 0.3) is 5.56 Å². The molecule has 9 nitrogen and oxygen atoms in total. The van der Waals surface area contributed by atoms with Crippen LogP contribution in [0.2, 0.25) is 0 Å². The van der Waals surface area contributed by atoms with E-state index in [0.29, 0.717) is 23.9 Å². The molecule has 3 aromatic rings. The molecule has 0 saturated carbocycles. The summed E-state index contributed by atoms with van der Waals surface area (Å²) < 4.78 is 23.2. The Labute approximate surface area is 185 Å². The van der Waals surface area contributed by atoms with E-state index in [1.807, 2.05) is 0 Å². The van der Waals surface area contributed by atoms with Crippen LogP contribution in [0.5, 0.6) is 5.75 Å². The summed E-state index contributed by atoms with van der Waals surface area (Å²) in [5.41, 5.74) is 1.16. The molecule has 168 valence electrons. The third-order valence-corrected chi connectivity index (χ3v) is 6.56. The number of H-pyrrole nitrogens is 1. The third-order valence-electron chi connectivity index (χ3n) is 4.65. The van der Waals surface area contributed by atoms with Crippen molar-refractivity contribution >= 4 is 19.6 Å². The van der Waals surface area contributed by atoms with Crippen molar-refractivity contribution in [2.24, 2.45) is 0 Å². The van der Waals surface area contributed by atoms with Gasteiger partial charge in [-0.15, -0.1) is 0 Å². The lowest BCUT2D eigenvalue weighted by Crippen LogP contribution is -2.20. The molecular formula is C22H25N4O5P. The van der Waals surface area contributed by atoms with E-state index < -0.39 is 13.5 Å². The highest BCUT2D eigenvalue weighted by molar-refractivity contribution is 7.54. The molecule has 0 aliphatic rings. The first kappa shape index (κ1) is 23.4. The van der Waals surface area contributed by atoms with Crippen molar-refractivity contribution in [3.05, 3.63) is 70.8 Å². The molecule has 1 aromatic carbocycles. The first-order valence-corrected chi connectivity index (χ1v) is 11.9. The Hall–Kier alpha value is -3.29. The first-order chi connectivity index (χ1) is 15.5. The predicted octanol–water partition coefficient (Wildman–Crippen LogP) is 3.85. The van der Waals surface area contributed by atoms with Crippen molar-refractivity contribution in [3.8, 4) is 17.3 Å². The van der Waals surface area contributed by atoms with Gasteiger partial charge in [-0.2, -0.15) is 0 Å². The number of aromatic nitrogens is 3. The minimum Gasteiger partial charge on any atom is -0.424 e. The Bertz CT molecular complexity index is 1140. The number of nitrogens with one attached hydrogen (secondary N) is 2. The van der Waals surface area contributed by atoms with Gasteiger partial charge < -0.3 is 24.1 Å². The van der Waals surface area contributed by atoms with Crippen LogP contribution >= 0.6 is 7.60 Å². The lowest BCUT2D eigenvalue weighted by atomic mass is 10.0. The molecule has 0 bridgehead atoms. The second kappa shape index (κ2) is 10.8. The van der Waals surface area contributed by atoms with E-state index in [1.54, 1.807) is 62.5 Å². The van der Waals surface area contributed by atoms with Crippen LogP contribution in [0.15, 0.2) is 59.7 Å². The predicted molar refractivity (Wildman–Crippen MR) is 122 cm³/mol. The summed E-state index contributed by atoms with van der Waals surface area (Å²) in [6.07, 6.45) is 4.08. The Morgan fingerprint density at radius 3 is 2.53 bits per heavy atom. The average Bonchev–Trinajstić information content (AvgIpc) is 2.82. The Morgan fingerprint density at radius 2 is 1.94 bits per heavy atom. The minimum absolute atomic E-state index is 0.198. The van der Waals surface area contributed by atoms with Crippen LogP contribution in [0.1, 0.15) is 25.3 Å². The van der Waals surface area contributed by atoms with Gasteiger partial charge in [0.05, 0.1) is 24.9 Å². The fourth-order valence-corrected chi connectivity index (χ4v) is 4.13. The summed E-state index contributed by atoms with van der Waals surface area (Å²) in [5.74, 6) is 0.250. The highest BCUT2D eigenvalue weighted by Crippen LogP contribution is 2.47. The van der Waals surface area contributed by atoms with Crippen molar-refractivity contribution in [3.63, 3.8) is 0 Å². The molecule has 2 aromatic heterocycles. The second-order valence-electron chi connectivity index (χ2n) is 6.82. The molecule has 0 amide bonds. The van der Waals surface area contributed by atoms with Gasteiger partial charge in [0.15, 0.2) is 5.82 Å². The number of anilines is 1. The molecule has 10 heteroatoms. The average molecular weight is 456 g/mol. The van der Waals surface area contributed by atoms with Gasteiger partial charge in [-0.3, -0.25) is 9.78 Å². The van der Waals surface area contributed by atoms with Gasteiger partial charge in [0.2, 0.25) is 0 Å². The maximum absolute atomic E-state index is 12.5. The number of nitrogens with zero attached hydrogens (tertiary/aromatic N) is 2. The fraction of sp³-hybridized carbons (Fsp3) is 0.273. The number of carbonyl (C=O) groups is 1. The van der Waals surface area contributed by atoms with E-state index in [1.165, 1.54) is 6.20 Å². The molecule has 0 radical (unpaired) electrons. The number of pyridine rings is 1. The van der Waals surface area contributed by atoms with Crippen LogP contribution in [0, 0.1) is 0 Å². The molecule has 32 heavy (non-hydrogen) atoms. The molecule has 2 heterocycles. The number of hydrogen-bond donors (Lipinski definition) is 2. The van der Waals surface area contributed by atoms with E-state index in [2.05, 4.69) is 20.3 Å². The molecule has 2 atom stereocenters. The topological polar surface area (TPSA) is 123 Å². The Balaban J connectivity index is 1.66. The number of aromatic amines is 1. The fourth-order valence-electron chi connectivity index (χ4n) is 2.93.